The van der Waals surface area contributed by atoms with Crippen LogP contribution in [0.2, 0.25) is 0 Å². The summed E-state index contributed by atoms with van der Waals surface area (Å²) >= 11 is 0. The highest BCUT2D eigenvalue weighted by atomic mass is 16.5. The highest BCUT2D eigenvalue weighted by molar-refractivity contribution is 5.83. The summed E-state index contributed by atoms with van der Waals surface area (Å²) in [4.78, 5) is 14.1. The van der Waals surface area contributed by atoms with E-state index in [1.807, 2.05) is 6.92 Å². The molecule has 0 aromatic carbocycles. The summed E-state index contributed by atoms with van der Waals surface area (Å²) in [5.41, 5.74) is 5.34. The molecule has 2 atom stereocenters. The molecule has 1 heterocycles. The first kappa shape index (κ1) is 14.4. The van der Waals surface area contributed by atoms with E-state index in [0.717, 1.165) is 25.9 Å². The average Bonchev–Trinajstić information content (AvgIpc) is 2.59. The number of carbonyl (C=O) groups excluding carboxylic acids is 1. The van der Waals surface area contributed by atoms with Crippen molar-refractivity contribution in [2.24, 2.45) is 11.1 Å². The maximum Gasteiger partial charge on any atom is 0.229 e. The van der Waals surface area contributed by atoms with Crippen LogP contribution in [0.1, 0.15) is 19.8 Å². The molecule has 2 unspecified atom stereocenters. The van der Waals surface area contributed by atoms with E-state index < -0.39 is 5.41 Å². The molecule has 0 aromatic rings. The first-order valence-corrected chi connectivity index (χ1v) is 6.23. The second-order valence-corrected chi connectivity index (χ2v) is 5.31. The Morgan fingerprint density at radius 1 is 1.53 bits per heavy atom. The Labute approximate surface area is 104 Å². The normalized spacial score (nSPS) is 28.6. The Morgan fingerprint density at radius 3 is 2.76 bits per heavy atom. The number of rotatable bonds is 6. The highest BCUT2D eigenvalue weighted by Crippen LogP contribution is 2.26. The van der Waals surface area contributed by atoms with E-state index in [4.69, 9.17) is 10.5 Å². The summed E-state index contributed by atoms with van der Waals surface area (Å²) < 4.78 is 5.26. The van der Waals surface area contributed by atoms with Gasteiger partial charge in [-0.05, 0) is 40.4 Å². The van der Waals surface area contributed by atoms with Crippen LogP contribution in [0.25, 0.3) is 0 Å². The maximum atomic E-state index is 12.0. The predicted octanol–water partition coefficient (Wildman–Crippen LogP) is -0.192. The van der Waals surface area contributed by atoms with Crippen LogP contribution in [-0.2, 0) is 9.53 Å². The zero-order chi connectivity index (χ0) is 12.9. The molecule has 5 heteroatoms. The zero-order valence-electron chi connectivity index (χ0n) is 11.2. The Bertz CT molecular complexity index is 258. The van der Waals surface area contributed by atoms with Gasteiger partial charge in [0.1, 0.15) is 0 Å². The molecule has 0 spiro atoms. The Morgan fingerprint density at radius 2 is 2.24 bits per heavy atom. The molecule has 0 aliphatic carbocycles. The van der Waals surface area contributed by atoms with Gasteiger partial charge in [0, 0.05) is 12.6 Å². The third kappa shape index (κ3) is 3.94. The molecule has 1 saturated heterocycles. The zero-order valence-corrected chi connectivity index (χ0v) is 11.2. The molecule has 1 rings (SSSR count). The first-order valence-electron chi connectivity index (χ1n) is 6.23. The number of hydrogen-bond donors (Lipinski definition) is 2. The van der Waals surface area contributed by atoms with Crippen molar-refractivity contribution < 1.29 is 9.53 Å². The summed E-state index contributed by atoms with van der Waals surface area (Å²) in [6.07, 6.45) is 2.09. The topological polar surface area (TPSA) is 67.6 Å². The fraction of sp³-hybridized carbons (Fsp3) is 0.917. The van der Waals surface area contributed by atoms with Gasteiger partial charge in [0.15, 0.2) is 0 Å². The molecular weight excluding hydrogens is 218 g/mol. The summed E-state index contributed by atoms with van der Waals surface area (Å²) in [6.45, 7) is 4.55. The second kappa shape index (κ2) is 6.33. The molecular formula is C12H25N3O2. The lowest BCUT2D eigenvalue weighted by atomic mass is 9.85. The molecule has 5 nitrogen and oxygen atoms in total. The van der Waals surface area contributed by atoms with E-state index >= 15 is 0 Å². The average molecular weight is 243 g/mol. The van der Waals surface area contributed by atoms with Crippen LogP contribution in [-0.4, -0.2) is 57.2 Å². The SMILES string of the molecule is CN(C)CCCCNC(=O)C1(C)COCC1N. The van der Waals surface area contributed by atoms with E-state index in [1.165, 1.54) is 0 Å². The second-order valence-electron chi connectivity index (χ2n) is 5.31. The van der Waals surface area contributed by atoms with Gasteiger partial charge < -0.3 is 20.7 Å². The summed E-state index contributed by atoms with van der Waals surface area (Å²) in [5.74, 6) is 0.0207. The molecule has 1 aliphatic heterocycles. The van der Waals surface area contributed by atoms with Crippen LogP contribution in [0, 0.1) is 5.41 Å². The standard InChI is InChI=1S/C12H25N3O2/c1-12(9-17-8-10(12)13)11(16)14-6-4-5-7-15(2)3/h10H,4-9,13H2,1-3H3,(H,14,16). The summed E-state index contributed by atoms with van der Waals surface area (Å²) in [7, 11) is 4.10. The molecule has 3 N–H and O–H groups in total. The van der Waals surface area contributed by atoms with Crippen LogP contribution in [0.3, 0.4) is 0 Å². The lowest BCUT2D eigenvalue weighted by molar-refractivity contribution is -0.130. The lowest BCUT2D eigenvalue weighted by Gasteiger charge is -2.25. The van der Waals surface area contributed by atoms with E-state index in [0.29, 0.717) is 13.2 Å². The van der Waals surface area contributed by atoms with E-state index in [-0.39, 0.29) is 11.9 Å². The number of unbranched alkanes of at least 4 members (excludes halogenated alkanes) is 1. The minimum absolute atomic E-state index is 0.0207. The number of nitrogens with zero attached hydrogens (tertiary/aromatic N) is 1. The molecule has 100 valence electrons. The Balaban J connectivity index is 2.21. The monoisotopic (exact) mass is 243 g/mol. The predicted molar refractivity (Wildman–Crippen MR) is 67.7 cm³/mol. The van der Waals surface area contributed by atoms with Crippen LogP contribution in [0.5, 0.6) is 0 Å². The number of nitrogens with one attached hydrogen (secondary N) is 1. The van der Waals surface area contributed by atoms with Crippen LogP contribution in [0.4, 0.5) is 0 Å². The number of hydrogen-bond acceptors (Lipinski definition) is 4. The molecule has 17 heavy (non-hydrogen) atoms. The molecule has 0 bridgehead atoms. The van der Waals surface area contributed by atoms with Crippen molar-refractivity contribution in [2.75, 3.05) is 40.4 Å². The number of nitrogens with two attached hydrogens (primary N) is 1. The Hall–Kier alpha value is -0.650. The lowest BCUT2D eigenvalue weighted by Crippen LogP contribution is -2.50. The third-order valence-electron chi connectivity index (χ3n) is 3.35. The molecule has 0 aromatic heterocycles. The summed E-state index contributed by atoms with van der Waals surface area (Å²) in [6, 6.07) is -0.190. The highest BCUT2D eigenvalue weighted by Gasteiger charge is 2.44. The fourth-order valence-corrected chi connectivity index (χ4v) is 1.88. The molecule has 1 fully saturated rings. The van der Waals surface area contributed by atoms with Gasteiger partial charge in [-0.15, -0.1) is 0 Å². The summed E-state index contributed by atoms with van der Waals surface area (Å²) in [5, 5.41) is 2.95. The van der Waals surface area contributed by atoms with Gasteiger partial charge in [0.2, 0.25) is 5.91 Å². The number of amides is 1. The van der Waals surface area contributed by atoms with E-state index in [9.17, 15) is 4.79 Å². The van der Waals surface area contributed by atoms with E-state index in [2.05, 4.69) is 24.3 Å². The van der Waals surface area contributed by atoms with Crippen molar-refractivity contribution in [3.05, 3.63) is 0 Å². The smallest absolute Gasteiger partial charge is 0.229 e. The van der Waals surface area contributed by atoms with Crippen molar-refractivity contribution in [1.82, 2.24) is 10.2 Å². The van der Waals surface area contributed by atoms with Gasteiger partial charge in [-0.2, -0.15) is 0 Å². The van der Waals surface area contributed by atoms with Crippen LogP contribution >= 0.6 is 0 Å². The van der Waals surface area contributed by atoms with Crippen molar-refractivity contribution in [3.63, 3.8) is 0 Å². The largest absolute Gasteiger partial charge is 0.379 e. The van der Waals surface area contributed by atoms with E-state index in [1.54, 1.807) is 0 Å². The minimum atomic E-state index is -0.554. The van der Waals surface area contributed by atoms with Gasteiger partial charge in [0.25, 0.3) is 0 Å². The number of carbonyl (C=O) groups is 1. The van der Waals surface area contributed by atoms with Crippen molar-refractivity contribution in [1.29, 1.82) is 0 Å². The first-order chi connectivity index (χ1) is 7.97. The maximum absolute atomic E-state index is 12.0. The van der Waals surface area contributed by atoms with Gasteiger partial charge in [-0.3, -0.25) is 4.79 Å². The third-order valence-corrected chi connectivity index (χ3v) is 3.35. The molecule has 0 radical (unpaired) electrons. The quantitative estimate of drug-likeness (QED) is 0.634. The molecule has 0 saturated carbocycles. The van der Waals surface area contributed by atoms with Crippen molar-refractivity contribution in [3.8, 4) is 0 Å². The van der Waals surface area contributed by atoms with Crippen molar-refractivity contribution in [2.45, 2.75) is 25.8 Å². The fourth-order valence-electron chi connectivity index (χ4n) is 1.88. The van der Waals surface area contributed by atoms with Gasteiger partial charge in [0.05, 0.1) is 18.6 Å². The number of ether oxygens (including phenoxy) is 1. The molecule has 1 amide bonds. The Kier molecular flexibility index (Phi) is 5.36. The molecule has 1 aliphatic rings. The van der Waals surface area contributed by atoms with Gasteiger partial charge in [-0.25, -0.2) is 0 Å². The minimum Gasteiger partial charge on any atom is -0.379 e. The van der Waals surface area contributed by atoms with Gasteiger partial charge >= 0.3 is 0 Å². The van der Waals surface area contributed by atoms with Crippen molar-refractivity contribution >= 4 is 5.91 Å². The van der Waals surface area contributed by atoms with Crippen LogP contribution < -0.4 is 11.1 Å². The van der Waals surface area contributed by atoms with Crippen LogP contribution in [0.15, 0.2) is 0 Å². The van der Waals surface area contributed by atoms with Gasteiger partial charge in [-0.1, -0.05) is 0 Å².